The molecule has 0 N–H and O–H groups in total. The lowest BCUT2D eigenvalue weighted by Gasteiger charge is -2.42. The van der Waals surface area contributed by atoms with E-state index in [1.54, 1.807) is 18.5 Å². The molecule has 28 heavy (non-hydrogen) atoms. The third-order valence-electron chi connectivity index (χ3n) is 5.75. The molecule has 0 radical (unpaired) electrons. The van der Waals surface area contributed by atoms with Crippen LogP contribution in [0.3, 0.4) is 0 Å². The van der Waals surface area contributed by atoms with Gasteiger partial charge >= 0.3 is 0 Å². The minimum Gasteiger partial charge on any atom is -0.336 e. The first kappa shape index (κ1) is 16.9. The molecule has 1 saturated heterocycles. The first-order valence-corrected chi connectivity index (χ1v) is 9.38. The number of carbonyl (C=O) groups excluding carboxylic acids is 1. The van der Waals surface area contributed by atoms with Crippen LogP contribution in [0.25, 0.3) is 11.4 Å². The van der Waals surface area contributed by atoms with Gasteiger partial charge in [-0.25, -0.2) is 15.0 Å². The van der Waals surface area contributed by atoms with Crippen molar-refractivity contribution in [3.8, 4) is 11.4 Å². The van der Waals surface area contributed by atoms with Crippen molar-refractivity contribution in [1.29, 1.82) is 0 Å². The van der Waals surface area contributed by atoms with Gasteiger partial charge < -0.3 is 14.0 Å². The molecule has 0 aromatic carbocycles. The number of piperidine rings is 1. The standard InChI is InChI=1S/C20H20N6O2/c1-24-7-6-22-18(24)15-2-3-17-14-8-13(10-26(17)19(15)27)9-25(11-14)20(28)16-4-5-21-12-23-16/h2-7,12-14H,8-11H2,1H3/t13-,14+/m0/s1. The first-order chi connectivity index (χ1) is 13.6. The van der Waals surface area contributed by atoms with E-state index < -0.39 is 0 Å². The second kappa shape index (κ2) is 6.40. The van der Waals surface area contributed by atoms with Gasteiger partial charge in [-0.3, -0.25) is 9.59 Å². The second-order valence-electron chi connectivity index (χ2n) is 7.55. The second-order valence-corrected chi connectivity index (χ2v) is 7.55. The van der Waals surface area contributed by atoms with Crippen molar-refractivity contribution < 1.29 is 4.79 Å². The molecule has 2 aliphatic heterocycles. The molecule has 8 heteroatoms. The van der Waals surface area contributed by atoms with Gasteiger partial charge in [-0.2, -0.15) is 0 Å². The zero-order valence-electron chi connectivity index (χ0n) is 15.5. The van der Waals surface area contributed by atoms with Gasteiger partial charge in [0.05, 0.1) is 5.56 Å². The van der Waals surface area contributed by atoms with E-state index in [2.05, 4.69) is 15.0 Å². The quantitative estimate of drug-likeness (QED) is 0.673. The summed E-state index contributed by atoms with van der Waals surface area (Å²) in [6.45, 7) is 1.86. The first-order valence-electron chi connectivity index (χ1n) is 9.38. The van der Waals surface area contributed by atoms with Gasteiger partial charge in [0.15, 0.2) is 0 Å². The summed E-state index contributed by atoms with van der Waals surface area (Å²) in [7, 11) is 1.89. The lowest BCUT2D eigenvalue weighted by atomic mass is 9.83. The van der Waals surface area contributed by atoms with Gasteiger partial charge in [-0.15, -0.1) is 0 Å². The molecule has 0 aliphatic carbocycles. The Morgan fingerprint density at radius 3 is 2.75 bits per heavy atom. The third-order valence-corrected chi connectivity index (χ3v) is 5.75. The van der Waals surface area contributed by atoms with Gasteiger partial charge in [0.1, 0.15) is 17.8 Å². The number of likely N-dealkylation sites (tertiary alicyclic amines) is 1. The van der Waals surface area contributed by atoms with E-state index in [1.165, 1.54) is 6.33 Å². The maximum absolute atomic E-state index is 13.1. The molecule has 0 saturated carbocycles. The van der Waals surface area contributed by atoms with Crippen LogP contribution in [-0.2, 0) is 13.6 Å². The van der Waals surface area contributed by atoms with Crippen molar-refractivity contribution in [3.05, 3.63) is 64.9 Å². The number of imidazole rings is 1. The molecular formula is C20H20N6O2. The van der Waals surface area contributed by atoms with E-state index >= 15 is 0 Å². The molecule has 5 rings (SSSR count). The van der Waals surface area contributed by atoms with Crippen LogP contribution < -0.4 is 5.56 Å². The minimum absolute atomic E-state index is 0.00271. The van der Waals surface area contributed by atoms with E-state index in [4.69, 9.17) is 0 Å². The molecule has 3 aromatic heterocycles. The fourth-order valence-corrected chi connectivity index (χ4v) is 4.49. The Balaban J connectivity index is 1.48. The fourth-order valence-electron chi connectivity index (χ4n) is 4.49. The SMILES string of the molecule is Cn1ccnc1-c1ccc2n(c1=O)C[C@H]1C[C@@H]2CN(C(=O)c2ccncn2)C1. The molecule has 1 amide bonds. The van der Waals surface area contributed by atoms with E-state index in [0.29, 0.717) is 36.7 Å². The molecule has 5 heterocycles. The van der Waals surface area contributed by atoms with Crippen molar-refractivity contribution in [2.45, 2.75) is 18.9 Å². The number of nitrogens with zero attached hydrogens (tertiary/aromatic N) is 6. The number of carbonyl (C=O) groups is 1. The summed E-state index contributed by atoms with van der Waals surface area (Å²) in [5.41, 5.74) is 2.03. The Labute approximate surface area is 161 Å². The van der Waals surface area contributed by atoms with Crippen LogP contribution in [0.4, 0.5) is 0 Å². The Bertz CT molecular complexity index is 1100. The highest BCUT2D eigenvalue weighted by molar-refractivity contribution is 5.92. The fraction of sp³-hybridized carbons (Fsp3) is 0.350. The normalized spacial score (nSPS) is 20.7. The van der Waals surface area contributed by atoms with Crippen LogP contribution in [0.2, 0.25) is 0 Å². The van der Waals surface area contributed by atoms with E-state index in [0.717, 1.165) is 12.1 Å². The molecule has 2 atom stereocenters. The van der Waals surface area contributed by atoms with Gasteiger partial charge in [0, 0.05) is 56.9 Å². The van der Waals surface area contributed by atoms with Gasteiger partial charge in [0.25, 0.3) is 11.5 Å². The van der Waals surface area contributed by atoms with Crippen molar-refractivity contribution in [2.24, 2.45) is 13.0 Å². The highest BCUT2D eigenvalue weighted by Gasteiger charge is 2.37. The summed E-state index contributed by atoms with van der Waals surface area (Å²) in [5, 5.41) is 0. The van der Waals surface area contributed by atoms with Crippen molar-refractivity contribution in [2.75, 3.05) is 13.1 Å². The molecule has 1 fully saturated rings. The van der Waals surface area contributed by atoms with E-state index in [1.807, 2.05) is 39.4 Å². The zero-order chi connectivity index (χ0) is 19.3. The van der Waals surface area contributed by atoms with Gasteiger partial charge in [0.2, 0.25) is 0 Å². The maximum Gasteiger partial charge on any atom is 0.272 e. The molecule has 142 valence electrons. The molecule has 8 nitrogen and oxygen atoms in total. The van der Waals surface area contributed by atoms with Crippen LogP contribution in [0.5, 0.6) is 0 Å². The monoisotopic (exact) mass is 376 g/mol. The number of hydrogen-bond donors (Lipinski definition) is 0. The van der Waals surface area contributed by atoms with Crippen LogP contribution in [0.15, 0.2) is 47.9 Å². The minimum atomic E-state index is -0.0717. The lowest BCUT2D eigenvalue weighted by Crippen LogP contribution is -2.49. The topological polar surface area (TPSA) is 85.9 Å². The Morgan fingerprint density at radius 1 is 1.11 bits per heavy atom. The maximum atomic E-state index is 13.1. The van der Waals surface area contributed by atoms with E-state index in [-0.39, 0.29) is 23.3 Å². The average molecular weight is 376 g/mol. The molecule has 2 bridgehead atoms. The summed E-state index contributed by atoms with van der Waals surface area (Å²) in [6, 6.07) is 5.53. The van der Waals surface area contributed by atoms with E-state index in [9.17, 15) is 9.59 Å². The summed E-state index contributed by atoms with van der Waals surface area (Å²) in [6.07, 6.45) is 7.51. The molecule has 2 aliphatic rings. The smallest absolute Gasteiger partial charge is 0.272 e. The largest absolute Gasteiger partial charge is 0.336 e. The number of fused-ring (bicyclic) bond motifs is 4. The number of rotatable bonds is 2. The zero-order valence-corrected chi connectivity index (χ0v) is 15.5. The van der Waals surface area contributed by atoms with Crippen LogP contribution in [-0.4, -0.2) is 48.0 Å². The van der Waals surface area contributed by atoms with Crippen molar-refractivity contribution in [1.82, 2.24) is 29.0 Å². The van der Waals surface area contributed by atoms with Gasteiger partial charge in [-0.05, 0) is 30.5 Å². The third kappa shape index (κ3) is 2.64. The summed E-state index contributed by atoms with van der Waals surface area (Å²) < 4.78 is 3.74. The number of hydrogen-bond acceptors (Lipinski definition) is 5. The highest BCUT2D eigenvalue weighted by atomic mass is 16.2. The van der Waals surface area contributed by atoms with Crippen molar-refractivity contribution >= 4 is 5.91 Å². The summed E-state index contributed by atoms with van der Waals surface area (Å²) in [4.78, 5) is 40.1. The average Bonchev–Trinajstić information content (AvgIpc) is 3.14. The Morgan fingerprint density at radius 2 is 2.00 bits per heavy atom. The number of amides is 1. The van der Waals surface area contributed by atoms with Crippen LogP contribution >= 0.6 is 0 Å². The Kier molecular flexibility index (Phi) is 3.85. The molecule has 3 aromatic rings. The summed E-state index contributed by atoms with van der Waals surface area (Å²) >= 11 is 0. The Hall–Kier alpha value is -3.29. The van der Waals surface area contributed by atoms with Crippen molar-refractivity contribution in [3.63, 3.8) is 0 Å². The molecular weight excluding hydrogens is 356 g/mol. The summed E-state index contributed by atoms with van der Waals surface area (Å²) in [5.74, 6) is 1.02. The molecule has 0 spiro atoms. The molecule has 0 unspecified atom stereocenters. The van der Waals surface area contributed by atoms with Gasteiger partial charge in [-0.1, -0.05) is 0 Å². The predicted molar refractivity (Wildman–Crippen MR) is 102 cm³/mol. The number of aromatic nitrogens is 5. The van der Waals surface area contributed by atoms with Crippen LogP contribution in [0, 0.1) is 5.92 Å². The number of pyridine rings is 1. The van der Waals surface area contributed by atoms with Crippen LogP contribution in [0.1, 0.15) is 28.5 Å². The highest BCUT2D eigenvalue weighted by Crippen LogP contribution is 2.36. The lowest BCUT2D eigenvalue weighted by molar-refractivity contribution is 0.0588. The predicted octanol–water partition coefficient (Wildman–Crippen LogP) is 1.30. The number of aryl methyl sites for hydroxylation is 1.